The van der Waals surface area contributed by atoms with E-state index in [4.69, 9.17) is 11.6 Å². The Morgan fingerprint density at radius 1 is 1.56 bits per heavy atom. The predicted molar refractivity (Wildman–Crippen MR) is 69.1 cm³/mol. The number of halogens is 2. The minimum Gasteiger partial charge on any atom is -0.388 e. The molecule has 1 saturated carbocycles. The average Bonchev–Trinajstić information content (AvgIpc) is 2.67. The number of hydrogen-bond acceptors (Lipinski definition) is 4. The summed E-state index contributed by atoms with van der Waals surface area (Å²) in [5.74, 6) is -0.411. The summed E-state index contributed by atoms with van der Waals surface area (Å²) in [4.78, 5) is 0. The van der Waals surface area contributed by atoms with Gasteiger partial charge in [0.25, 0.3) is 0 Å². The molecule has 0 bridgehead atoms. The van der Waals surface area contributed by atoms with Crippen molar-refractivity contribution in [2.24, 2.45) is 0 Å². The van der Waals surface area contributed by atoms with E-state index in [9.17, 15) is 9.50 Å². The van der Waals surface area contributed by atoms with Crippen molar-refractivity contribution in [3.63, 3.8) is 0 Å². The molecule has 0 spiro atoms. The molecule has 1 aliphatic carbocycles. The molecule has 1 aromatic rings. The Morgan fingerprint density at radius 3 is 2.89 bits per heavy atom. The van der Waals surface area contributed by atoms with E-state index >= 15 is 0 Å². The Labute approximate surface area is 110 Å². The van der Waals surface area contributed by atoms with Gasteiger partial charge in [0.1, 0.15) is 10.8 Å². The van der Waals surface area contributed by atoms with Gasteiger partial charge >= 0.3 is 0 Å². The van der Waals surface area contributed by atoms with Crippen LogP contribution in [0.4, 0.5) is 15.8 Å². The summed E-state index contributed by atoms with van der Waals surface area (Å²) in [6.07, 6.45) is 2.57. The number of aryl methyl sites for hydroxylation is 1. The van der Waals surface area contributed by atoms with Crippen LogP contribution in [0, 0.1) is 12.7 Å². The van der Waals surface area contributed by atoms with Crippen molar-refractivity contribution in [2.45, 2.75) is 31.8 Å². The second-order valence-corrected chi connectivity index (χ2v) is 5.50. The SMILES string of the molecule is Cc1cc2c(c(Cl)c1F)N(CC1(O)CCC1)NN2. The molecule has 2 aliphatic rings. The van der Waals surface area contributed by atoms with Crippen molar-refractivity contribution in [3.05, 3.63) is 22.5 Å². The molecule has 1 aliphatic heterocycles. The molecule has 1 heterocycles. The fourth-order valence-electron chi connectivity index (χ4n) is 2.44. The van der Waals surface area contributed by atoms with Crippen molar-refractivity contribution in [2.75, 3.05) is 17.0 Å². The second kappa shape index (κ2) is 3.98. The number of benzene rings is 1. The van der Waals surface area contributed by atoms with Crippen molar-refractivity contribution in [1.29, 1.82) is 0 Å². The lowest BCUT2D eigenvalue weighted by molar-refractivity contribution is -0.0266. The first-order chi connectivity index (χ1) is 8.50. The lowest BCUT2D eigenvalue weighted by atomic mass is 9.80. The number of anilines is 2. The average molecular weight is 272 g/mol. The zero-order valence-corrected chi connectivity index (χ0v) is 10.8. The zero-order chi connectivity index (χ0) is 12.9. The summed E-state index contributed by atoms with van der Waals surface area (Å²) in [5.41, 5.74) is 6.97. The summed E-state index contributed by atoms with van der Waals surface area (Å²) >= 11 is 6.05. The summed E-state index contributed by atoms with van der Waals surface area (Å²) in [5, 5.41) is 11.9. The summed E-state index contributed by atoms with van der Waals surface area (Å²) in [6.45, 7) is 2.07. The van der Waals surface area contributed by atoms with Crippen molar-refractivity contribution in [1.82, 2.24) is 5.53 Å². The maximum absolute atomic E-state index is 13.8. The molecule has 98 valence electrons. The van der Waals surface area contributed by atoms with Gasteiger partial charge in [-0.05, 0) is 37.8 Å². The molecule has 0 radical (unpaired) electrons. The second-order valence-electron chi connectivity index (χ2n) is 5.12. The Morgan fingerprint density at radius 2 is 2.28 bits per heavy atom. The van der Waals surface area contributed by atoms with Crippen molar-refractivity contribution in [3.8, 4) is 0 Å². The van der Waals surface area contributed by atoms with Gasteiger partial charge in [0.15, 0.2) is 0 Å². The van der Waals surface area contributed by atoms with Crippen LogP contribution in [0.15, 0.2) is 6.07 Å². The fourth-order valence-corrected chi connectivity index (χ4v) is 2.80. The van der Waals surface area contributed by atoms with Gasteiger partial charge in [-0.15, -0.1) is 5.53 Å². The van der Waals surface area contributed by atoms with Crippen LogP contribution in [0.2, 0.25) is 5.02 Å². The van der Waals surface area contributed by atoms with E-state index in [-0.39, 0.29) is 5.02 Å². The number of fused-ring (bicyclic) bond motifs is 1. The van der Waals surface area contributed by atoms with E-state index in [1.54, 1.807) is 18.0 Å². The first-order valence-electron chi connectivity index (χ1n) is 6.00. The van der Waals surface area contributed by atoms with Gasteiger partial charge in [-0.25, -0.2) is 4.39 Å². The van der Waals surface area contributed by atoms with E-state index < -0.39 is 11.4 Å². The van der Waals surface area contributed by atoms with Gasteiger partial charge in [0, 0.05) is 0 Å². The number of nitrogens with one attached hydrogen (secondary N) is 2. The van der Waals surface area contributed by atoms with E-state index in [2.05, 4.69) is 11.0 Å². The van der Waals surface area contributed by atoms with E-state index in [0.717, 1.165) is 24.9 Å². The number of aliphatic hydroxyl groups is 1. The topological polar surface area (TPSA) is 47.5 Å². The van der Waals surface area contributed by atoms with E-state index in [1.807, 2.05) is 0 Å². The number of hydrazine groups is 2. The standard InChI is InChI=1S/C12H15ClFN3O/c1-7-5-8-11(9(13)10(7)14)17(16-15-8)6-12(18)3-2-4-12/h5,15-16,18H,2-4,6H2,1H3. The number of hydrogen-bond donors (Lipinski definition) is 3. The van der Waals surface area contributed by atoms with Crippen molar-refractivity contribution >= 4 is 23.0 Å². The van der Waals surface area contributed by atoms with Crippen molar-refractivity contribution < 1.29 is 9.50 Å². The van der Waals surface area contributed by atoms with Crippen LogP contribution in [-0.2, 0) is 0 Å². The number of β-amino-alcohol motifs (C(OH)–C–C–N with tert-alkyl or cyclic N) is 1. The molecule has 0 aromatic heterocycles. The number of rotatable bonds is 2. The molecule has 1 fully saturated rings. The fraction of sp³-hybridized carbons (Fsp3) is 0.500. The highest BCUT2D eigenvalue weighted by Crippen LogP contribution is 2.42. The van der Waals surface area contributed by atoms with Gasteiger partial charge in [-0.2, -0.15) is 0 Å². The first-order valence-corrected chi connectivity index (χ1v) is 6.38. The highest BCUT2D eigenvalue weighted by Gasteiger charge is 2.39. The summed E-state index contributed by atoms with van der Waals surface area (Å²) in [7, 11) is 0. The molecule has 1 aromatic carbocycles. The van der Waals surface area contributed by atoms with Gasteiger partial charge < -0.3 is 10.5 Å². The van der Waals surface area contributed by atoms with Gasteiger partial charge in [-0.3, -0.25) is 5.01 Å². The monoisotopic (exact) mass is 271 g/mol. The van der Waals surface area contributed by atoms with Gasteiger partial charge in [-0.1, -0.05) is 11.6 Å². The molecular formula is C12H15ClFN3O. The minimum absolute atomic E-state index is 0.0884. The van der Waals surface area contributed by atoms with Crippen LogP contribution in [0.5, 0.6) is 0 Å². The van der Waals surface area contributed by atoms with Crippen LogP contribution < -0.4 is 16.0 Å². The molecule has 18 heavy (non-hydrogen) atoms. The normalized spacial score (nSPS) is 20.3. The Hall–Kier alpha value is -1.04. The lowest BCUT2D eigenvalue weighted by Gasteiger charge is -2.39. The first kappa shape index (κ1) is 12.0. The molecule has 4 nitrogen and oxygen atoms in total. The zero-order valence-electron chi connectivity index (χ0n) is 10.1. The quantitative estimate of drug-likeness (QED) is 0.773. The smallest absolute Gasteiger partial charge is 0.147 e. The third kappa shape index (κ3) is 1.74. The Kier molecular flexibility index (Phi) is 2.66. The Balaban J connectivity index is 1.93. The molecular weight excluding hydrogens is 257 g/mol. The van der Waals surface area contributed by atoms with Crippen LogP contribution >= 0.6 is 11.6 Å². The van der Waals surface area contributed by atoms with Gasteiger partial charge in [0.2, 0.25) is 0 Å². The van der Waals surface area contributed by atoms with Crippen LogP contribution in [0.3, 0.4) is 0 Å². The molecule has 3 N–H and O–H groups in total. The predicted octanol–water partition coefficient (Wildman–Crippen LogP) is 2.35. The Bertz CT molecular complexity index is 505. The third-order valence-corrected chi connectivity index (χ3v) is 4.04. The lowest BCUT2D eigenvalue weighted by Crippen LogP contribution is -2.51. The molecule has 0 saturated heterocycles. The maximum atomic E-state index is 13.8. The van der Waals surface area contributed by atoms with Crippen LogP contribution in [-0.4, -0.2) is 17.3 Å². The van der Waals surface area contributed by atoms with Gasteiger partial charge in [0.05, 0.1) is 23.5 Å². The molecule has 0 amide bonds. The molecule has 3 rings (SSSR count). The highest BCUT2D eigenvalue weighted by atomic mass is 35.5. The van der Waals surface area contributed by atoms with Crippen LogP contribution in [0.25, 0.3) is 0 Å². The summed E-state index contributed by atoms with van der Waals surface area (Å²) in [6, 6.07) is 1.70. The minimum atomic E-state index is -0.693. The summed E-state index contributed by atoms with van der Waals surface area (Å²) < 4.78 is 13.8. The largest absolute Gasteiger partial charge is 0.388 e. The molecule has 0 atom stereocenters. The van der Waals surface area contributed by atoms with E-state index in [0.29, 0.717) is 17.8 Å². The third-order valence-electron chi connectivity index (χ3n) is 3.69. The highest BCUT2D eigenvalue weighted by molar-refractivity contribution is 6.34. The molecule has 0 unspecified atom stereocenters. The number of nitrogens with zero attached hydrogens (tertiary/aromatic N) is 1. The van der Waals surface area contributed by atoms with E-state index in [1.165, 1.54) is 0 Å². The van der Waals surface area contributed by atoms with Crippen LogP contribution in [0.1, 0.15) is 24.8 Å². The molecule has 6 heteroatoms. The maximum Gasteiger partial charge on any atom is 0.147 e.